The smallest absolute Gasteiger partial charge is 0.246 e. The maximum atomic E-state index is 12.5. The van der Waals surface area contributed by atoms with Crippen LogP contribution in [0.5, 0.6) is 0 Å². The van der Waals surface area contributed by atoms with E-state index in [4.69, 9.17) is 0 Å². The molecule has 0 spiro atoms. The van der Waals surface area contributed by atoms with E-state index in [0.29, 0.717) is 13.1 Å². The molecule has 1 amide bonds. The second-order valence-corrected chi connectivity index (χ2v) is 8.89. The molecule has 1 N–H and O–H groups in total. The number of carbonyl (C=O) groups is 1. The molecule has 0 aliphatic carbocycles. The molecule has 5 heteroatoms. The van der Waals surface area contributed by atoms with Crippen molar-refractivity contribution in [3.8, 4) is 0 Å². The number of aliphatic hydroxyl groups excluding tert-OH is 1. The van der Waals surface area contributed by atoms with Crippen molar-refractivity contribution < 1.29 is 9.90 Å². The summed E-state index contributed by atoms with van der Waals surface area (Å²) in [5.74, 6) is 1.19. The Labute approximate surface area is 177 Å². The van der Waals surface area contributed by atoms with Crippen LogP contribution in [0.3, 0.4) is 0 Å². The maximum absolute atomic E-state index is 12.5. The summed E-state index contributed by atoms with van der Waals surface area (Å²) < 4.78 is 0. The molecule has 4 rings (SSSR count). The van der Waals surface area contributed by atoms with E-state index in [1.54, 1.807) is 6.08 Å². The number of benzene rings is 2. The Morgan fingerprint density at radius 1 is 1.10 bits per heavy atom. The van der Waals surface area contributed by atoms with Crippen LogP contribution in [0.2, 0.25) is 0 Å². The van der Waals surface area contributed by atoms with Crippen LogP contribution in [-0.4, -0.2) is 58.8 Å². The van der Waals surface area contributed by atoms with Crippen LogP contribution in [0.1, 0.15) is 29.7 Å². The number of fused-ring (bicyclic) bond motifs is 1. The monoisotopic (exact) mass is 408 g/mol. The van der Waals surface area contributed by atoms with Gasteiger partial charge in [0.1, 0.15) is 0 Å². The third-order valence-electron chi connectivity index (χ3n) is 5.93. The molecule has 0 aromatic heterocycles. The van der Waals surface area contributed by atoms with Gasteiger partial charge in [-0.3, -0.25) is 9.69 Å². The molecule has 2 aliphatic rings. The second kappa shape index (κ2) is 9.16. The molecular formula is C24H28N2O2S. The Morgan fingerprint density at radius 2 is 1.86 bits per heavy atom. The number of aryl methyl sites for hydroxylation is 1. The van der Waals surface area contributed by atoms with Crippen LogP contribution >= 0.6 is 11.8 Å². The largest absolute Gasteiger partial charge is 0.387 e. The summed E-state index contributed by atoms with van der Waals surface area (Å²) in [6.07, 6.45) is 4.11. The van der Waals surface area contributed by atoms with E-state index in [-0.39, 0.29) is 11.9 Å². The lowest BCUT2D eigenvalue weighted by atomic mass is 9.99. The molecule has 2 unspecified atom stereocenters. The van der Waals surface area contributed by atoms with Gasteiger partial charge in [-0.15, -0.1) is 11.8 Å². The zero-order chi connectivity index (χ0) is 20.2. The number of amides is 1. The van der Waals surface area contributed by atoms with Crippen LogP contribution in [0.15, 0.2) is 59.5 Å². The van der Waals surface area contributed by atoms with Gasteiger partial charge in [0.2, 0.25) is 5.91 Å². The minimum Gasteiger partial charge on any atom is -0.387 e. The molecule has 1 saturated heterocycles. The minimum atomic E-state index is -0.508. The van der Waals surface area contributed by atoms with E-state index in [0.717, 1.165) is 36.4 Å². The number of nitrogens with zero attached hydrogens (tertiary/aromatic N) is 2. The Kier molecular flexibility index (Phi) is 6.38. The van der Waals surface area contributed by atoms with Crippen LogP contribution in [0, 0.1) is 0 Å². The molecule has 0 radical (unpaired) electrons. The predicted octanol–water partition coefficient (Wildman–Crippen LogP) is 3.61. The average molecular weight is 409 g/mol. The molecule has 1 fully saturated rings. The lowest BCUT2D eigenvalue weighted by Crippen LogP contribution is -2.52. The molecule has 2 aromatic rings. The zero-order valence-electron chi connectivity index (χ0n) is 16.8. The lowest BCUT2D eigenvalue weighted by Gasteiger charge is -2.39. The average Bonchev–Trinajstić information content (AvgIpc) is 3.25. The first-order valence-corrected chi connectivity index (χ1v) is 11.3. The van der Waals surface area contributed by atoms with Crippen molar-refractivity contribution in [2.45, 2.75) is 30.4 Å². The number of carbonyl (C=O) groups excluding carboxylic acids is 1. The van der Waals surface area contributed by atoms with Crippen molar-refractivity contribution >= 4 is 23.7 Å². The van der Waals surface area contributed by atoms with Gasteiger partial charge in [-0.05, 0) is 42.2 Å². The summed E-state index contributed by atoms with van der Waals surface area (Å²) in [4.78, 5) is 18.0. The first kappa shape index (κ1) is 20.2. The van der Waals surface area contributed by atoms with Gasteiger partial charge < -0.3 is 10.0 Å². The summed E-state index contributed by atoms with van der Waals surface area (Å²) in [6.45, 7) is 5.03. The maximum Gasteiger partial charge on any atom is 0.246 e. The van der Waals surface area contributed by atoms with Crippen molar-refractivity contribution in [3.05, 3.63) is 71.3 Å². The molecule has 2 aromatic carbocycles. The summed E-state index contributed by atoms with van der Waals surface area (Å²) in [7, 11) is 0. The van der Waals surface area contributed by atoms with Crippen LogP contribution < -0.4 is 0 Å². The zero-order valence-corrected chi connectivity index (χ0v) is 17.6. The van der Waals surface area contributed by atoms with Crippen LogP contribution in [-0.2, 0) is 11.2 Å². The Hall–Kier alpha value is -2.08. The summed E-state index contributed by atoms with van der Waals surface area (Å²) in [6, 6.07) is 16.3. The third-order valence-corrected chi connectivity index (χ3v) is 7.05. The van der Waals surface area contributed by atoms with Gasteiger partial charge in [0.25, 0.3) is 0 Å². The topological polar surface area (TPSA) is 43.8 Å². The molecule has 4 nitrogen and oxygen atoms in total. The molecule has 0 bridgehead atoms. The van der Waals surface area contributed by atoms with E-state index in [2.05, 4.69) is 30.0 Å². The standard InChI is InChI=1S/C24H28N2O2S/c1-18(24(28)21-8-9-22-20(17-21)11-16-29-22)25-12-14-26(15-13-25)23(27)10-7-19-5-3-2-4-6-19/h2-10,17-18,24,28H,11-16H2,1H3. The highest BCUT2D eigenvalue weighted by molar-refractivity contribution is 7.99. The fraction of sp³-hybridized carbons (Fsp3) is 0.375. The number of hydrogen-bond donors (Lipinski definition) is 1. The van der Waals surface area contributed by atoms with Gasteiger partial charge >= 0.3 is 0 Å². The second-order valence-electron chi connectivity index (χ2n) is 7.76. The van der Waals surface area contributed by atoms with Gasteiger partial charge in [0, 0.05) is 48.9 Å². The fourth-order valence-corrected chi connectivity index (χ4v) is 5.11. The first-order chi connectivity index (χ1) is 14.1. The van der Waals surface area contributed by atoms with E-state index in [9.17, 15) is 9.90 Å². The molecule has 2 aliphatic heterocycles. The first-order valence-electron chi connectivity index (χ1n) is 10.3. The van der Waals surface area contributed by atoms with Crippen molar-refractivity contribution in [1.29, 1.82) is 0 Å². The van der Waals surface area contributed by atoms with Gasteiger partial charge in [0.15, 0.2) is 0 Å². The van der Waals surface area contributed by atoms with E-state index in [1.807, 2.05) is 53.1 Å². The molecule has 29 heavy (non-hydrogen) atoms. The molecule has 2 heterocycles. The van der Waals surface area contributed by atoms with Gasteiger partial charge in [0.05, 0.1) is 6.10 Å². The normalized spacial score (nSPS) is 19.3. The number of rotatable bonds is 5. The van der Waals surface area contributed by atoms with Crippen molar-refractivity contribution in [2.24, 2.45) is 0 Å². The number of thioether (sulfide) groups is 1. The highest BCUT2D eigenvalue weighted by Crippen LogP contribution is 2.34. The summed E-state index contributed by atoms with van der Waals surface area (Å²) in [5.41, 5.74) is 3.39. The minimum absolute atomic E-state index is 0.0271. The number of piperazine rings is 1. The van der Waals surface area contributed by atoms with Gasteiger partial charge in [-0.25, -0.2) is 0 Å². The highest BCUT2D eigenvalue weighted by Gasteiger charge is 2.28. The highest BCUT2D eigenvalue weighted by atomic mass is 32.2. The predicted molar refractivity (Wildman–Crippen MR) is 119 cm³/mol. The Balaban J connectivity index is 1.31. The van der Waals surface area contributed by atoms with E-state index in [1.165, 1.54) is 10.5 Å². The Morgan fingerprint density at radius 3 is 2.62 bits per heavy atom. The third kappa shape index (κ3) is 4.74. The molecular weight excluding hydrogens is 380 g/mol. The lowest BCUT2D eigenvalue weighted by molar-refractivity contribution is -0.128. The quantitative estimate of drug-likeness (QED) is 0.768. The van der Waals surface area contributed by atoms with Crippen molar-refractivity contribution in [2.75, 3.05) is 31.9 Å². The van der Waals surface area contributed by atoms with E-state index < -0.39 is 6.10 Å². The van der Waals surface area contributed by atoms with Crippen LogP contribution in [0.25, 0.3) is 6.08 Å². The number of aliphatic hydroxyl groups is 1. The molecule has 0 saturated carbocycles. The van der Waals surface area contributed by atoms with Gasteiger partial charge in [-0.1, -0.05) is 42.5 Å². The number of hydrogen-bond acceptors (Lipinski definition) is 4. The fourth-order valence-electron chi connectivity index (χ4n) is 4.06. The van der Waals surface area contributed by atoms with Crippen LogP contribution in [0.4, 0.5) is 0 Å². The Bertz CT molecular complexity index is 876. The molecule has 2 atom stereocenters. The summed E-state index contributed by atoms with van der Waals surface area (Å²) >= 11 is 1.90. The van der Waals surface area contributed by atoms with Crippen molar-refractivity contribution in [3.63, 3.8) is 0 Å². The van der Waals surface area contributed by atoms with E-state index >= 15 is 0 Å². The molecule has 152 valence electrons. The summed E-state index contributed by atoms with van der Waals surface area (Å²) in [5, 5.41) is 10.9. The SMILES string of the molecule is CC(C(O)c1ccc2c(c1)CCS2)N1CCN(C(=O)C=Cc2ccccc2)CC1. The van der Waals surface area contributed by atoms with Crippen molar-refractivity contribution in [1.82, 2.24) is 9.80 Å². The van der Waals surface area contributed by atoms with Gasteiger partial charge in [-0.2, -0.15) is 0 Å².